The Morgan fingerprint density at radius 1 is 1.24 bits per heavy atom. The highest BCUT2D eigenvalue weighted by molar-refractivity contribution is 5.38. The maximum Gasteiger partial charge on any atom is 0.119 e. The molecule has 1 N–H and O–H groups in total. The molecule has 1 atom stereocenters. The second-order valence-corrected chi connectivity index (χ2v) is 5.35. The van der Waals surface area contributed by atoms with Gasteiger partial charge in [-0.1, -0.05) is 18.9 Å². The largest absolute Gasteiger partial charge is 0.494 e. The van der Waals surface area contributed by atoms with E-state index < -0.39 is 0 Å². The van der Waals surface area contributed by atoms with E-state index in [-0.39, 0.29) is 6.10 Å². The number of aryl methyl sites for hydroxylation is 1. The molecule has 0 spiro atoms. The van der Waals surface area contributed by atoms with Gasteiger partial charge in [0.25, 0.3) is 0 Å². The predicted octanol–water partition coefficient (Wildman–Crippen LogP) is 3.24. The van der Waals surface area contributed by atoms with Gasteiger partial charge in [-0.2, -0.15) is 0 Å². The molecular weight excluding hydrogens is 212 g/mol. The average molecular weight is 232 g/mol. The van der Waals surface area contributed by atoms with E-state index in [0.717, 1.165) is 43.1 Å². The Balaban J connectivity index is 1.64. The molecule has 1 aromatic carbocycles. The second kappa shape index (κ2) is 4.69. The van der Waals surface area contributed by atoms with Crippen LogP contribution in [0.2, 0.25) is 0 Å². The molecule has 17 heavy (non-hydrogen) atoms. The smallest absolute Gasteiger partial charge is 0.119 e. The van der Waals surface area contributed by atoms with E-state index in [1.54, 1.807) is 0 Å². The minimum absolute atomic E-state index is 0.265. The molecule has 1 fully saturated rings. The van der Waals surface area contributed by atoms with Crippen LogP contribution in [-0.4, -0.2) is 11.7 Å². The minimum Gasteiger partial charge on any atom is -0.494 e. The van der Waals surface area contributed by atoms with E-state index in [4.69, 9.17) is 4.74 Å². The zero-order valence-electron chi connectivity index (χ0n) is 10.2. The van der Waals surface area contributed by atoms with Crippen LogP contribution in [0.3, 0.4) is 0 Å². The van der Waals surface area contributed by atoms with Gasteiger partial charge in [0.05, 0.1) is 12.7 Å². The number of aliphatic hydroxyl groups is 1. The molecule has 0 saturated heterocycles. The number of benzene rings is 1. The molecule has 0 aromatic heterocycles. The summed E-state index contributed by atoms with van der Waals surface area (Å²) in [5.41, 5.74) is 2.37. The van der Waals surface area contributed by atoms with Crippen molar-refractivity contribution in [2.45, 2.75) is 44.6 Å². The lowest BCUT2D eigenvalue weighted by Gasteiger charge is -2.21. The third-order valence-corrected chi connectivity index (χ3v) is 3.89. The van der Waals surface area contributed by atoms with E-state index >= 15 is 0 Å². The van der Waals surface area contributed by atoms with Crippen molar-refractivity contribution in [3.8, 4) is 5.75 Å². The van der Waals surface area contributed by atoms with Crippen LogP contribution in [0.4, 0.5) is 0 Å². The van der Waals surface area contributed by atoms with Crippen molar-refractivity contribution in [3.63, 3.8) is 0 Å². The van der Waals surface area contributed by atoms with Crippen LogP contribution in [-0.2, 0) is 6.42 Å². The van der Waals surface area contributed by atoms with E-state index in [1.165, 1.54) is 24.8 Å². The van der Waals surface area contributed by atoms with E-state index in [0.29, 0.717) is 0 Å². The Kier molecular flexibility index (Phi) is 3.06. The standard InChI is InChI=1S/C15H20O2/c16-15-3-1-2-12-10-13(6-7-14(12)15)17-9-8-11-4-5-11/h6-7,10-11,15-16H,1-5,8-9H2. The third-order valence-electron chi connectivity index (χ3n) is 3.89. The Hall–Kier alpha value is -1.02. The van der Waals surface area contributed by atoms with Crippen molar-refractivity contribution in [1.29, 1.82) is 0 Å². The van der Waals surface area contributed by atoms with Crippen molar-refractivity contribution in [3.05, 3.63) is 29.3 Å². The first-order valence-corrected chi connectivity index (χ1v) is 6.76. The minimum atomic E-state index is -0.265. The number of hydrogen-bond acceptors (Lipinski definition) is 2. The van der Waals surface area contributed by atoms with Gasteiger partial charge in [-0.25, -0.2) is 0 Å². The third kappa shape index (κ3) is 2.63. The van der Waals surface area contributed by atoms with Gasteiger partial charge in [0.1, 0.15) is 5.75 Å². The van der Waals surface area contributed by atoms with Crippen molar-refractivity contribution in [2.24, 2.45) is 5.92 Å². The molecule has 1 aromatic rings. The monoisotopic (exact) mass is 232 g/mol. The quantitative estimate of drug-likeness (QED) is 0.863. The normalized spacial score (nSPS) is 23.2. The van der Waals surface area contributed by atoms with Gasteiger partial charge in [-0.15, -0.1) is 0 Å². The fourth-order valence-electron chi connectivity index (χ4n) is 2.60. The van der Waals surface area contributed by atoms with Gasteiger partial charge < -0.3 is 9.84 Å². The summed E-state index contributed by atoms with van der Waals surface area (Å²) in [7, 11) is 0. The van der Waals surface area contributed by atoms with Gasteiger partial charge in [0.2, 0.25) is 0 Å². The van der Waals surface area contributed by atoms with Crippen LogP contribution in [0.1, 0.15) is 49.3 Å². The summed E-state index contributed by atoms with van der Waals surface area (Å²) < 4.78 is 5.78. The van der Waals surface area contributed by atoms with Gasteiger partial charge in [0.15, 0.2) is 0 Å². The summed E-state index contributed by atoms with van der Waals surface area (Å²) in [6.45, 7) is 0.839. The molecule has 1 unspecified atom stereocenters. The van der Waals surface area contributed by atoms with Crippen LogP contribution in [0.5, 0.6) is 5.75 Å². The SMILES string of the molecule is OC1CCCc2cc(OCCC3CC3)ccc21. The number of fused-ring (bicyclic) bond motifs is 1. The average Bonchev–Trinajstić information content (AvgIpc) is 3.13. The zero-order chi connectivity index (χ0) is 11.7. The Bertz CT molecular complexity index is 396. The molecule has 2 nitrogen and oxygen atoms in total. The Morgan fingerprint density at radius 3 is 2.94 bits per heavy atom. The first-order chi connectivity index (χ1) is 8.33. The fraction of sp³-hybridized carbons (Fsp3) is 0.600. The maximum atomic E-state index is 9.87. The summed E-state index contributed by atoms with van der Waals surface area (Å²) >= 11 is 0. The van der Waals surface area contributed by atoms with Crippen molar-refractivity contribution < 1.29 is 9.84 Å². The lowest BCUT2D eigenvalue weighted by Crippen LogP contribution is -2.09. The maximum absolute atomic E-state index is 9.87. The Labute approximate surface area is 103 Å². The van der Waals surface area contributed by atoms with Crippen LogP contribution < -0.4 is 4.74 Å². The molecular formula is C15H20O2. The second-order valence-electron chi connectivity index (χ2n) is 5.35. The molecule has 1 saturated carbocycles. The molecule has 2 aliphatic carbocycles. The first kappa shape index (κ1) is 11.1. The molecule has 3 rings (SSSR count). The highest BCUT2D eigenvalue weighted by Gasteiger charge is 2.21. The molecule has 0 bridgehead atoms. The van der Waals surface area contributed by atoms with Crippen LogP contribution in [0.15, 0.2) is 18.2 Å². The zero-order valence-corrected chi connectivity index (χ0v) is 10.2. The summed E-state index contributed by atoms with van der Waals surface area (Å²) in [5.74, 6) is 1.90. The summed E-state index contributed by atoms with van der Waals surface area (Å²) in [4.78, 5) is 0. The summed E-state index contributed by atoms with van der Waals surface area (Å²) in [5, 5.41) is 9.87. The molecule has 2 aliphatic rings. The van der Waals surface area contributed by atoms with Gasteiger partial charge >= 0.3 is 0 Å². The lowest BCUT2D eigenvalue weighted by atomic mass is 9.89. The molecule has 0 radical (unpaired) electrons. The number of aliphatic hydroxyl groups excluding tert-OH is 1. The number of ether oxygens (including phenoxy) is 1. The topological polar surface area (TPSA) is 29.5 Å². The van der Waals surface area contributed by atoms with Gasteiger partial charge in [-0.3, -0.25) is 0 Å². The molecule has 92 valence electrons. The summed E-state index contributed by atoms with van der Waals surface area (Å²) in [6.07, 6.45) is 6.76. The highest BCUT2D eigenvalue weighted by atomic mass is 16.5. The highest BCUT2D eigenvalue weighted by Crippen LogP contribution is 2.34. The summed E-state index contributed by atoms with van der Waals surface area (Å²) in [6, 6.07) is 6.15. The first-order valence-electron chi connectivity index (χ1n) is 6.76. The molecule has 0 aliphatic heterocycles. The molecule has 2 heteroatoms. The van der Waals surface area contributed by atoms with Crippen LogP contribution in [0, 0.1) is 5.92 Å². The fourth-order valence-corrected chi connectivity index (χ4v) is 2.60. The van der Waals surface area contributed by atoms with Gasteiger partial charge in [0, 0.05) is 0 Å². The van der Waals surface area contributed by atoms with Crippen molar-refractivity contribution in [2.75, 3.05) is 6.61 Å². The number of hydrogen-bond donors (Lipinski definition) is 1. The van der Waals surface area contributed by atoms with E-state index in [1.807, 2.05) is 12.1 Å². The van der Waals surface area contributed by atoms with Crippen molar-refractivity contribution >= 4 is 0 Å². The lowest BCUT2D eigenvalue weighted by molar-refractivity contribution is 0.156. The molecule has 0 heterocycles. The van der Waals surface area contributed by atoms with E-state index in [9.17, 15) is 5.11 Å². The predicted molar refractivity (Wildman–Crippen MR) is 67.2 cm³/mol. The van der Waals surface area contributed by atoms with Crippen molar-refractivity contribution in [1.82, 2.24) is 0 Å². The van der Waals surface area contributed by atoms with Crippen LogP contribution >= 0.6 is 0 Å². The van der Waals surface area contributed by atoms with Crippen LogP contribution in [0.25, 0.3) is 0 Å². The number of rotatable bonds is 4. The van der Waals surface area contributed by atoms with Gasteiger partial charge in [-0.05, 0) is 54.9 Å². The molecule has 0 amide bonds. The Morgan fingerprint density at radius 2 is 2.12 bits per heavy atom. The van der Waals surface area contributed by atoms with E-state index in [2.05, 4.69) is 6.07 Å².